The summed E-state index contributed by atoms with van der Waals surface area (Å²) in [5, 5.41) is 8.06. The molecule has 1 aromatic heterocycles. The first-order valence-electron chi connectivity index (χ1n) is 7.99. The predicted octanol–water partition coefficient (Wildman–Crippen LogP) is 3.99. The fraction of sp³-hybridized carbons (Fsp3) is 0.105. The molecule has 138 valence electrons. The second kappa shape index (κ2) is 8.66. The van der Waals surface area contributed by atoms with Crippen molar-refractivity contribution in [2.75, 3.05) is 12.4 Å². The molecule has 0 spiro atoms. The topological polar surface area (TPSA) is 80.3 Å². The summed E-state index contributed by atoms with van der Waals surface area (Å²) >= 11 is 7.02. The highest BCUT2D eigenvalue weighted by Crippen LogP contribution is 2.18. The molecule has 2 N–H and O–H groups in total. The van der Waals surface area contributed by atoms with Crippen LogP contribution in [0.3, 0.4) is 0 Å². The standard InChI is InChI=1S/C19H16ClN3O3S/c1-26-15-8-4-13(5-9-15)17(24)23-19-22-16(11-27-19)18(25)21-10-12-2-6-14(20)7-3-12/h2-9,11H,10H2,1H3,(H,21,25)(H,22,23,24). The Morgan fingerprint density at radius 1 is 1.07 bits per heavy atom. The molecule has 27 heavy (non-hydrogen) atoms. The van der Waals surface area contributed by atoms with Gasteiger partial charge >= 0.3 is 0 Å². The third-order valence-electron chi connectivity index (χ3n) is 3.68. The lowest BCUT2D eigenvalue weighted by Gasteiger charge is -2.04. The molecule has 0 saturated carbocycles. The number of thiazole rings is 1. The Hall–Kier alpha value is -2.90. The minimum absolute atomic E-state index is 0.249. The lowest BCUT2D eigenvalue weighted by Crippen LogP contribution is -2.23. The number of rotatable bonds is 6. The van der Waals surface area contributed by atoms with Crippen molar-refractivity contribution in [3.8, 4) is 5.75 Å². The number of aromatic nitrogens is 1. The van der Waals surface area contributed by atoms with Gasteiger partial charge < -0.3 is 10.1 Å². The van der Waals surface area contributed by atoms with Crippen molar-refractivity contribution in [3.05, 3.63) is 75.8 Å². The minimum atomic E-state index is -0.314. The molecule has 0 saturated heterocycles. The fourth-order valence-electron chi connectivity index (χ4n) is 2.22. The minimum Gasteiger partial charge on any atom is -0.497 e. The third-order valence-corrected chi connectivity index (χ3v) is 4.69. The van der Waals surface area contributed by atoms with Crippen molar-refractivity contribution >= 4 is 39.9 Å². The first-order chi connectivity index (χ1) is 13.0. The monoisotopic (exact) mass is 401 g/mol. The van der Waals surface area contributed by atoms with Crippen LogP contribution in [0.1, 0.15) is 26.4 Å². The average molecular weight is 402 g/mol. The molecule has 6 nitrogen and oxygen atoms in total. The van der Waals surface area contributed by atoms with Crippen LogP contribution in [0.2, 0.25) is 5.02 Å². The normalized spacial score (nSPS) is 10.3. The molecular formula is C19H16ClN3O3S. The second-order valence-electron chi connectivity index (χ2n) is 5.53. The van der Waals surface area contributed by atoms with Gasteiger partial charge in [0.2, 0.25) is 0 Å². The van der Waals surface area contributed by atoms with Crippen LogP contribution in [-0.4, -0.2) is 23.9 Å². The summed E-state index contributed by atoms with van der Waals surface area (Å²) in [5.41, 5.74) is 1.65. The summed E-state index contributed by atoms with van der Waals surface area (Å²) in [7, 11) is 1.56. The molecule has 0 aliphatic rings. The Bertz CT molecular complexity index is 940. The number of anilines is 1. The summed E-state index contributed by atoms with van der Waals surface area (Å²) in [4.78, 5) is 28.6. The third kappa shape index (κ3) is 5.06. The number of carbonyl (C=O) groups excluding carboxylic acids is 2. The highest BCUT2D eigenvalue weighted by Gasteiger charge is 2.13. The van der Waals surface area contributed by atoms with Crippen molar-refractivity contribution in [3.63, 3.8) is 0 Å². The van der Waals surface area contributed by atoms with Gasteiger partial charge in [0.15, 0.2) is 5.13 Å². The summed E-state index contributed by atoms with van der Waals surface area (Å²) in [5.74, 6) is 0.0479. The van der Waals surface area contributed by atoms with Crippen LogP contribution in [0.15, 0.2) is 53.9 Å². The van der Waals surface area contributed by atoms with Gasteiger partial charge in [0.1, 0.15) is 11.4 Å². The van der Waals surface area contributed by atoms with E-state index in [-0.39, 0.29) is 17.5 Å². The molecule has 0 aliphatic carbocycles. The number of hydrogen-bond donors (Lipinski definition) is 2. The molecule has 0 atom stereocenters. The van der Waals surface area contributed by atoms with Gasteiger partial charge in [-0.2, -0.15) is 0 Å². The first kappa shape index (κ1) is 18.9. The number of nitrogens with one attached hydrogen (secondary N) is 2. The SMILES string of the molecule is COc1ccc(C(=O)Nc2nc(C(=O)NCc3ccc(Cl)cc3)cs2)cc1. The molecule has 0 radical (unpaired) electrons. The average Bonchev–Trinajstić information content (AvgIpc) is 3.16. The maximum absolute atomic E-state index is 12.2. The summed E-state index contributed by atoms with van der Waals surface area (Å²) in [6, 6.07) is 13.9. The quantitative estimate of drug-likeness (QED) is 0.654. The first-order valence-corrected chi connectivity index (χ1v) is 9.24. The van der Waals surface area contributed by atoms with E-state index < -0.39 is 0 Å². The molecule has 2 aromatic carbocycles. The molecule has 1 heterocycles. The number of carbonyl (C=O) groups is 2. The van der Waals surface area contributed by atoms with Gasteiger partial charge in [-0.05, 0) is 42.0 Å². The van der Waals surface area contributed by atoms with Crippen LogP contribution in [0.25, 0.3) is 0 Å². The Morgan fingerprint density at radius 3 is 2.44 bits per heavy atom. The number of benzene rings is 2. The van der Waals surface area contributed by atoms with Gasteiger partial charge in [0, 0.05) is 22.5 Å². The molecule has 8 heteroatoms. The molecular weight excluding hydrogens is 386 g/mol. The van der Waals surface area contributed by atoms with Gasteiger partial charge in [0.25, 0.3) is 11.8 Å². The molecule has 2 amide bonds. The van der Waals surface area contributed by atoms with E-state index in [1.54, 1.807) is 48.9 Å². The van der Waals surface area contributed by atoms with Gasteiger partial charge in [-0.1, -0.05) is 23.7 Å². The van der Waals surface area contributed by atoms with E-state index in [1.165, 1.54) is 11.3 Å². The van der Waals surface area contributed by atoms with Crippen LogP contribution in [0.5, 0.6) is 5.75 Å². The Morgan fingerprint density at radius 2 is 1.78 bits per heavy atom. The largest absolute Gasteiger partial charge is 0.497 e. The maximum Gasteiger partial charge on any atom is 0.271 e. The van der Waals surface area contributed by atoms with Gasteiger partial charge in [-0.3, -0.25) is 14.9 Å². The van der Waals surface area contributed by atoms with Crippen molar-refractivity contribution in [2.45, 2.75) is 6.54 Å². The molecule has 0 unspecified atom stereocenters. The highest BCUT2D eigenvalue weighted by molar-refractivity contribution is 7.14. The van der Waals surface area contributed by atoms with Gasteiger partial charge in [-0.15, -0.1) is 11.3 Å². The number of nitrogens with zero attached hydrogens (tertiary/aromatic N) is 1. The van der Waals surface area contributed by atoms with E-state index in [1.807, 2.05) is 12.1 Å². The number of ether oxygens (including phenoxy) is 1. The van der Waals surface area contributed by atoms with Gasteiger partial charge in [-0.25, -0.2) is 4.98 Å². The van der Waals surface area contributed by atoms with Crippen LogP contribution in [-0.2, 0) is 6.54 Å². The zero-order valence-electron chi connectivity index (χ0n) is 14.4. The van der Waals surface area contributed by atoms with E-state index in [0.29, 0.717) is 28.0 Å². The summed E-state index contributed by atoms with van der Waals surface area (Å²) < 4.78 is 5.06. The van der Waals surface area contributed by atoms with Crippen LogP contribution in [0.4, 0.5) is 5.13 Å². The van der Waals surface area contributed by atoms with E-state index in [9.17, 15) is 9.59 Å². The lowest BCUT2D eigenvalue weighted by atomic mass is 10.2. The number of amides is 2. The van der Waals surface area contributed by atoms with Crippen molar-refractivity contribution in [1.82, 2.24) is 10.3 Å². The lowest BCUT2D eigenvalue weighted by molar-refractivity contribution is 0.0945. The molecule has 0 aliphatic heterocycles. The predicted molar refractivity (Wildman–Crippen MR) is 106 cm³/mol. The van der Waals surface area contributed by atoms with E-state index in [0.717, 1.165) is 5.56 Å². The molecule has 0 bridgehead atoms. The van der Waals surface area contributed by atoms with Crippen LogP contribution in [0, 0.1) is 0 Å². The Balaban J connectivity index is 1.57. The smallest absolute Gasteiger partial charge is 0.271 e. The highest BCUT2D eigenvalue weighted by atomic mass is 35.5. The van der Waals surface area contributed by atoms with Crippen LogP contribution >= 0.6 is 22.9 Å². The zero-order chi connectivity index (χ0) is 19.2. The molecule has 3 rings (SSSR count). The number of methoxy groups -OCH3 is 1. The molecule has 3 aromatic rings. The van der Waals surface area contributed by atoms with Crippen molar-refractivity contribution in [2.24, 2.45) is 0 Å². The molecule has 0 fully saturated rings. The van der Waals surface area contributed by atoms with Gasteiger partial charge in [0.05, 0.1) is 7.11 Å². The Labute approximate surface area is 165 Å². The Kier molecular flexibility index (Phi) is 6.05. The second-order valence-corrected chi connectivity index (χ2v) is 6.82. The summed E-state index contributed by atoms with van der Waals surface area (Å²) in [6.07, 6.45) is 0. The summed E-state index contributed by atoms with van der Waals surface area (Å²) in [6.45, 7) is 0.362. The van der Waals surface area contributed by atoms with Crippen molar-refractivity contribution in [1.29, 1.82) is 0 Å². The van der Waals surface area contributed by atoms with E-state index in [4.69, 9.17) is 16.3 Å². The maximum atomic E-state index is 12.2. The fourth-order valence-corrected chi connectivity index (χ4v) is 3.03. The zero-order valence-corrected chi connectivity index (χ0v) is 15.9. The van der Waals surface area contributed by atoms with E-state index in [2.05, 4.69) is 15.6 Å². The van der Waals surface area contributed by atoms with Crippen LogP contribution < -0.4 is 15.4 Å². The number of hydrogen-bond acceptors (Lipinski definition) is 5. The number of halogens is 1. The van der Waals surface area contributed by atoms with Crippen molar-refractivity contribution < 1.29 is 14.3 Å². The van der Waals surface area contributed by atoms with E-state index >= 15 is 0 Å².